The average Bonchev–Trinajstić information content (AvgIpc) is 2.65. The van der Waals surface area contributed by atoms with Gasteiger partial charge in [0.1, 0.15) is 0 Å². The van der Waals surface area contributed by atoms with Crippen molar-refractivity contribution in [1.29, 1.82) is 0 Å². The van der Waals surface area contributed by atoms with E-state index in [1.54, 1.807) is 0 Å². The molecule has 0 radical (unpaired) electrons. The Hall–Kier alpha value is -1.12. The first kappa shape index (κ1) is 20.6. The molecule has 1 unspecified atom stereocenters. The Bertz CT molecular complexity index is 563. The van der Waals surface area contributed by atoms with Crippen molar-refractivity contribution in [3.8, 4) is 0 Å². The van der Waals surface area contributed by atoms with Gasteiger partial charge in [-0.3, -0.25) is 0 Å². The minimum Gasteiger partial charge on any atom is -0.427 e. The van der Waals surface area contributed by atoms with Gasteiger partial charge >= 0.3 is 7.12 Å². The molecule has 1 aliphatic carbocycles. The van der Waals surface area contributed by atoms with Crippen LogP contribution in [-0.2, 0) is 11.3 Å². The van der Waals surface area contributed by atoms with E-state index in [2.05, 4.69) is 34.5 Å². The zero-order valence-corrected chi connectivity index (χ0v) is 16.2. The van der Waals surface area contributed by atoms with Crippen molar-refractivity contribution in [1.82, 2.24) is 5.32 Å². The van der Waals surface area contributed by atoms with E-state index in [9.17, 15) is 0 Å². The van der Waals surface area contributed by atoms with Gasteiger partial charge in [-0.15, -0.1) is 0 Å². The van der Waals surface area contributed by atoms with Gasteiger partial charge < -0.3 is 30.7 Å². The maximum absolute atomic E-state index is 8.88. The van der Waals surface area contributed by atoms with E-state index in [1.807, 2.05) is 0 Å². The van der Waals surface area contributed by atoms with Crippen LogP contribution in [0.4, 0.5) is 5.69 Å². The third-order valence-electron chi connectivity index (χ3n) is 5.95. The van der Waals surface area contributed by atoms with Crippen LogP contribution in [0.1, 0.15) is 37.7 Å². The predicted molar refractivity (Wildman–Crippen MR) is 110 cm³/mol. The number of ether oxygens (including phenoxy) is 1. The number of benzene rings is 1. The molecule has 0 bridgehead atoms. The van der Waals surface area contributed by atoms with Crippen LogP contribution >= 0.6 is 0 Å². The van der Waals surface area contributed by atoms with E-state index in [0.29, 0.717) is 18.3 Å². The Morgan fingerprint density at radius 1 is 1.19 bits per heavy atom. The van der Waals surface area contributed by atoms with Crippen molar-refractivity contribution in [2.45, 2.75) is 57.1 Å². The molecule has 27 heavy (non-hydrogen) atoms. The third-order valence-corrected chi connectivity index (χ3v) is 5.95. The summed E-state index contributed by atoms with van der Waals surface area (Å²) in [5.41, 5.74) is 9.00. The van der Waals surface area contributed by atoms with Crippen LogP contribution in [-0.4, -0.2) is 55.6 Å². The summed E-state index contributed by atoms with van der Waals surface area (Å²) in [6, 6.07) is 9.45. The number of hydrogen-bond donors (Lipinski definition) is 4. The highest BCUT2D eigenvalue weighted by atomic mass is 16.5. The minimum absolute atomic E-state index is 0.236. The lowest BCUT2D eigenvalue weighted by Crippen LogP contribution is -2.48. The first-order chi connectivity index (χ1) is 13.1. The Morgan fingerprint density at radius 2 is 1.93 bits per heavy atom. The lowest BCUT2D eigenvalue weighted by Gasteiger charge is -2.40. The minimum atomic E-state index is -1.18. The van der Waals surface area contributed by atoms with Gasteiger partial charge in [-0.05, 0) is 43.1 Å². The van der Waals surface area contributed by atoms with Gasteiger partial charge in [-0.2, -0.15) is 0 Å². The lowest BCUT2D eigenvalue weighted by molar-refractivity contribution is 0.122. The topological polar surface area (TPSA) is 91.0 Å². The van der Waals surface area contributed by atoms with Gasteiger partial charge in [0, 0.05) is 37.4 Å². The summed E-state index contributed by atoms with van der Waals surface area (Å²) < 4.78 is 5.47. The molecule has 3 rings (SSSR count). The van der Waals surface area contributed by atoms with Crippen LogP contribution in [0.25, 0.3) is 0 Å². The average molecular weight is 375 g/mol. The molecule has 1 atom stereocenters. The summed E-state index contributed by atoms with van der Waals surface area (Å²) in [6.45, 7) is 4.44. The maximum atomic E-state index is 8.88. The van der Waals surface area contributed by atoms with E-state index in [0.717, 1.165) is 65.0 Å². The summed E-state index contributed by atoms with van der Waals surface area (Å²) in [7, 11) is -1.18. The fourth-order valence-corrected chi connectivity index (χ4v) is 4.15. The van der Waals surface area contributed by atoms with Gasteiger partial charge in [0.2, 0.25) is 0 Å². The maximum Gasteiger partial charge on any atom is 0.451 e. The summed E-state index contributed by atoms with van der Waals surface area (Å²) in [5.74, 6) is 0.594. The summed E-state index contributed by atoms with van der Waals surface area (Å²) in [5, 5.41) is 21.5. The highest BCUT2D eigenvalue weighted by Gasteiger charge is 2.32. The van der Waals surface area contributed by atoms with Gasteiger partial charge in [0.15, 0.2) is 0 Å². The molecule has 6 nitrogen and oxygen atoms in total. The molecule has 0 aromatic heterocycles. The van der Waals surface area contributed by atoms with Crippen LogP contribution in [0.2, 0.25) is 6.32 Å². The molecule has 7 heteroatoms. The molecule has 0 amide bonds. The van der Waals surface area contributed by atoms with Gasteiger partial charge in [-0.1, -0.05) is 31.0 Å². The highest BCUT2D eigenvalue weighted by molar-refractivity contribution is 6.40. The lowest BCUT2D eigenvalue weighted by atomic mass is 9.74. The summed E-state index contributed by atoms with van der Waals surface area (Å²) >= 11 is 0. The van der Waals surface area contributed by atoms with E-state index >= 15 is 0 Å². The second-order valence-corrected chi connectivity index (χ2v) is 7.97. The fraction of sp³-hybridized carbons (Fsp3) is 0.700. The number of nitrogens with one attached hydrogen (secondary N) is 1. The molecule has 2 fully saturated rings. The molecule has 150 valence electrons. The molecule has 1 saturated heterocycles. The van der Waals surface area contributed by atoms with Crippen LogP contribution in [0, 0.1) is 5.92 Å². The Balaban J connectivity index is 1.37. The van der Waals surface area contributed by atoms with E-state index in [1.165, 1.54) is 11.3 Å². The number of unbranched alkanes of at least 4 members (excludes halogenated alkanes) is 1. The van der Waals surface area contributed by atoms with Crippen LogP contribution < -0.4 is 16.0 Å². The van der Waals surface area contributed by atoms with Crippen molar-refractivity contribution in [2.75, 3.05) is 31.2 Å². The van der Waals surface area contributed by atoms with Crippen LogP contribution in [0.3, 0.4) is 0 Å². The Morgan fingerprint density at radius 3 is 2.67 bits per heavy atom. The number of nitrogens with zero attached hydrogens (tertiary/aromatic N) is 1. The number of rotatable bonds is 10. The second kappa shape index (κ2) is 10.4. The van der Waals surface area contributed by atoms with Crippen molar-refractivity contribution in [3.05, 3.63) is 29.8 Å². The van der Waals surface area contributed by atoms with Crippen molar-refractivity contribution in [2.24, 2.45) is 11.7 Å². The molecular formula is C20H34BN3O3. The number of para-hydroxylation sites is 1. The van der Waals surface area contributed by atoms with Crippen molar-refractivity contribution >= 4 is 12.8 Å². The Labute approximate surface area is 163 Å². The molecule has 0 spiro atoms. The molecule has 1 aromatic carbocycles. The number of anilines is 1. The zero-order chi connectivity index (χ0) is 19.1. The first-order valence-corrected chi connectivity index (χ1v) is 10.4. The van der Waals surface area contributed by atoms with Crippen LogP contribution in [0.15, 0.2) is 24.3 Å². The number of hydrogen-bond acceptors (Lipinski definition) is 6. The van der Waals surface area contributed by atoms with Gasteiger partial charge in [-0.25, -0.2) is 0 Å². The number of nitrogens with two attached hydrogens (primary N) is 1. The van der Waals surface area contributed by atoms with Crippen LogP contribution in [0.5, 0.6) is 0 Å². The predicted octanol–water partition coefficient (Wildman–Crippen LogP) is 1.36. The molecule has 5 N–H and O–H groups in total. The second-order valence-electron chi connectivity index (χ2n) is 7.97. The molecule has 1 aromatic rings. The molecule has 1 heterocycles. The molecule has 1 saturated carbocycles. The SMILES string of the molecule is NC(CCCCB(O)O)C1CC(NCc2ccccc2N2CCOCC2)C1. The standard InChI is InChI=1S/C20H34BN3O3/c22-19(6-3-4-8-21(25)26)17-13-18(14-17)23-15-16-5-1-2-7-20(16)24-9-11-27-12-10-24/h1-2,5,7,17-19,23,25-26H,3-4,6,8-15,22H2. The normalized spacial score (nSPS) is 23.7. The molecular weight excluding hydrogens is 341 g/mol. The zero-order valence-electron chi connectivity index (χ0n) is 16.2. The van der Waals surface area contributed by atoms with Gasteiger partial charge in [0.05, 0.1) is 13.2 Å². The fourth-order valence-electron chi connectivity index (χ4n) is 4.15. The quantitative estimate of drug-likeness (QED) is 0.365. The number of morpholine rings is 1. The largest absolute Gasteiger partial charge is 0.451 e. The van der Waals surface area contributed by atoms with Crippen molar-refractivity contribution in [3.63, 3.8) is 0 Å². The molecule has 2 aliphatic rings. The summed E-state index contributed by atoms with van der Waals surface area (Å²) in [6.07, 6.45) is 5.51. The van der Waals surface area contributed by atoms with Crippen molar-refractivity contribution < 1.29 is 14.8 Å². The smallest absolute Gasteiger partial charge is 0.427 e. The first-order valence-electron chi connectivity index (χ1n) is 10.4. The summed E-state index contributed by atoms with van der Waals surface area (Å²) in [4.78, 5) is 2.42. The van der Waals surface area contributed by atoms with Gasteiger partial charge in [0.25, 0.3) is 0 Å². The Kier molecular flexibility index (Phi) is 7.97. The van der Waals surface area contributed by atoms with E-state index < -0.39 is 7.12 Å². The van der Waals surface area contributed by atoms with E-state index in [4.69, 9.17) is 20.5 Å². The van der Waals surface area contributed by atoms with E-state index in [-0.39, 0.29) is 6.04 Å². The third kappa shape index (κ3) is 6.19. The highest BCUT2D eigenvalue weighted by Crippen LogP contribution is 2.32. The molecule has 1 aliphatic heterocycles. The monoisotopic (exact) mass is 375 g/mol.